The average Bonchev–Trinajstić information content (AvgIpc) is 2.94. The van der Waals surface area contributed by atoms with Gasteiger partial charge in [0.2, 0.25) is 0 Å². The molecule has 0 bridgehead atoms. The number of hydrogen-bond acceptors (Lipinski definition) is 5. The van der Waals surface area contributed by atoms with E-state index in [2.05, 4.69) is 21.2 Å². The molecule has 0 aliphatic rings. The van der Waals surface area contributed by atoms with Gasteiger partial charge in [-0.15, -0.1) is 11.3 Å². The summed E-state index contributed by atoms with van der Waals surface area (Å²) in [6.07, 6.45) is 0. The van der Waals surface area contributed by atoms with Crippen LogP contribution in [0, 0.1) is 20.8 Å². The third-order valence-electron chi connectivity index (χ3n) is 3.78. The van der Waals surface area contributed by atoms with E-state index < -0.39 is 0 Å². The van der Waals surface area contributed by atoms with Gasteiger partial charge in [-0.2, -0.15) is 0 Å². The lowest BCUT2D eigenvalue weighted by Gasteiger charge is -2.13. The van der Waals surface area contributed by atoms with Gasteiger partial charge < -0.3 is 5.32 Å². The Hall–Kier alpha value is -2.41. The molecule has 0 fully saturated rings. The third kappa shape index (κ3) is 5.05. The fourth-order valence-electron chi connectivity index (χ4n) is 2.34. The largest absolute Gasteiger partial charge is 0.376 e. The molecule has 0 unspecified atom stereocenters. The molecule has 0 radical (unpaired) electrons. The van der Waals surface area contributed by atoms with Crippen LogP contribution in [0.15, 0.2) is 18.2 Å². The van der Waals surface area contributed by atoms with Gasteiger partial charge in [0.05, 0.1) is 17.2 Å². The van der Waals surface area contributed by atoms with Gasteiger partial charge in [-0.1, -0.05) is 38.5 Å². The van der Waals surface area contributed by atoms with Crippen LogP contribution in [0.2, 0.25) is 0 Å². The Labute approximate surface area is 158 Å². The Kier molecular flexibility index (Phi) is 6.02. The Morgan fingerprint density at radius 3 is 2.38 bits per heavy atom. The lowest BCUT2D eigenvalue weighted by Crippen LogP contribution is -2.44. The Morgan fingerprint density at radius 2 is 1.81 bits per heavy atom. The molecule has 2 amide bonds. The van der Waals surface area contributed by atoms with Crippen molar-refractivity contribution in [2.24, 2.45) is 0 Å². The predicted molar refractivity (Wildman–Crippen MR) is 106 cm³/mol. The zero-order valence-corrected chi connectivity index (χ0v) is 16.9. The summed E-state index contributed by atoms with van der Waals surface area (Å²) in [7, 11) is 0. The van der Waals surface area contributed by atoms with Crippen molar-refractivity contribution >= 4 is 28.8 Å². The number of anilines is 1. The van der Waals surface area contributed by atoms with E-state index in [1.54, 1.807) is 6.92 Å². The van der Waals surface area contributed by atoms with Gasteiger partial charge in [-0.25, -0.2) is 4.98 Å². The molecule has 2 aromatic rings. The van der Waals surface area contributed by atoms with Gasteiger partial charge in [0, 0.05) is 11.1 Å². The summed E-state index contributed by atoms with van der Waals surface area (Å²) in [4.78, 5) is 29.2. The highest BCUT2D eigenvalue weighted by atomic mass is 32.1. The second-order valence-corrected chi connectivity index (χ2v) is 8.36. The summed E-state index contributed by atoms with van der Waals surface area (Å²) in [6, 6.07) is 5.96. The topological polar surface area (TPSA) is 83.1 Å². The van der Waals surface area contributed by atoms with E-state index in [-0.39, 0.29) is 23.8 Å². The van der Waals surface area contributed by atoms with Crippen LogP contribution >= 0.6 is 11.3 Å². The first-order chi connectivity index (χ1) is 12.1. The zero-order chi connectivity index (χ0) is 19.5. The fraction of sp³-hybridized carbons (Fsp3) is 0.421. The number of amides is 2. The van der Waals surface area contributed by atoms with E-state index >= 15 is 0 Å². The molecule has 1 aromatic heterocycles. The molecule has 140 valence electrons. The molecular formula is C19H26N4O2S. The summed E-state index contributed by atoms with van der Waals surface area (Å²) in [5, 5.41) is 3.96. The number of benzene rings is 1. The van der Waals surface area contributed by atoms with Crippen LogP contribution in [0.5, 0.6) is 0 Å². The number of carbonyl (C=O) groups is 2. The van der Waals surface area contributed by atoms with E-state index in [0.717, 1.165) is 16.3 Å². The van der Waals surface area contributed by atoms with Gasteiger partial charge in [0.25, 0.3) is 11.8 Å². The summed E-state index contributed by atoms with van der Waals surface area (Å²) in [5.74, 6) is -0.674. The van der Waals surface area contributed by atoms with Gasteiger partial charge in [0.1, 0.15) is 4.88 Å². The third-order valence-corrected chi connectivity index (χ3v) is 5.36. The monoisotopic (exact) mass is 374 g/mol. The van der Waals surface area contributed by atoms with Gasteiger partial charge >= 0.3 is 0 Å². The number of thiazole rings is 1. The van der Waals surface area contributed by atoms with Crippen molar-refractivity contribution in [3.05, 3.63) is 44.9 Å². The summed E-state index contributed by atoms with van der Waals surface area (Å²) in [5.41, 5.74) is 8.57. The van der Waals surface area contributed by atoms with Gasteiger partial charge in [-0.05, 0) is 32.4 Å². The number of nitrogens with one attached hydrogen (secondary N) is 3. The van der Waals surface area contributed by atoms with Crippen molar-refractivity contribution in [3.63, 3.8) is 0 Å². The Balaban J connectivity index is 1.89. The Morgan fingerprint density at radius 1 is 1.12 bits per heavy atom. The van der Waals surface area contributed by atoms with Gasteiger partial charge in [-0.3, -0.25) is 20.4 Å². The molecule has 6 nitrogen and oxygen atoms in total. The molecule has 26 heavy (non-hydrogen) atoms. The highest BCUT2D eigenvalue weighted by Gasteiger charge is 2.23. The standard InChI is InChI=1S/C19H26N4O2S/c1-11-7-8-14(12(2)9-11)20-10-15(24)22-23-17(25)16-13(3)21-18(26-16)19(4,5)6/h7-9,20H,10H2,1-6H3,(H,22,24)(H,23,25). The summed E-state index contributed by atoms with van der Waals surface area (Å²) in [6.45, 7) is 12.0. The molecule has 2 rings (SSSR count). The van der Waals surface area contributed by atoms with Crippen molar-refractivity contribution in [2.75, 3.05) is 11.9 Å². The van der Waals surface area contributed by atoms with Crippen molar-refractivity contribution < 1.29 is 9.59 Å². The molecule has 1 heterocycles. The minimum atomic E-state index is -0.352. The molecule has 0 aliphatic carbocycles. The zero-order valence-electron chi connectivity index (χ0n) is 16.1. The maximum Gasteiger partial charge on any atom is 0.281 e. The molecule has 1 aromatic carbocycles. The van der Waals surface area contributed by atoms with Crippen molar-refractivity contribution in [1.29, 1.82) is 0 Å². The first-order valence-corrected chi connectivity index (χ1v) is 9.28. The molecule has 0 atom stereocenters. The molecular weight excluding hydrogens is 348 g/mol. The Bertz CT molecular complexity index is 821. The number of aryl methyl sites for hydroxylation is 3. The van der Waals surface area contributed by atoms with Crippen LogP contribution in [0.25, 0.3) is 0 Å². The fourth-order valence-corrected chi connectivity index (χ4v) is 3.36. The lowest BCUT2D eigenvalue weighted by atomic mass is 9.98. The number of rotatable bonds is 4. The van der Waals surface area contributed by atoms with Crippen molar-refractivity contribution in [3.8, 4) is 0 Å². The average molecular weight is 375 g/mol. The molecule has 3 N–H and O–H groups in total. The van der Waals surface area contributed by atoms with Crippen LogP contribution in [0.4, 0.5) is 5.69 Å². The quantitative estimate of drug-likeness (QED) is 0.718. The number of aromatic nitrogens is 1. The smallest absolute Gasteiger partial charge is 0.281 e. The minimum Gasteiger partial charge on any atom is -0.376 e. The van der Waals surface area contributed by atoms with Crippen molar-refractivity contribution in [2.45, 2.75) is 47.0 Å². The number of hydrazine groups is 1. The number of carbonyl (C=O) groups excluding carboxylic acids is 2. The highest BCUT2D eigenvalue weighted by Crippen LogP contribution is 2.28. The predicted octanol–water partition coefficient (Wildman–Crippen LogP) is 3.24. The highest BCUT2D eigenvalue weighted by molar-refractivity contribution is 7.14. The summed E-state index contributed by atoms with van der Waals surface area (Å²) < 4.78 is 0. The second kappa shape index (κ2) is 7.86. The minimum absolute atomic E-state index is 0.0685. The van der Waals surface area contributed by atoms with Crippen LogP contribution < -0.4 is 16.2 Å². The normalized spacial score (nSPS) is 11.2. The van der Waals surface area contributed by atoms with Crippen LogP contribution in [0.1, 0.15) is 52.3 Å². The lowest BCUT2D eigenvalue weighted by molar-refractivity contribution is -0.120. The first kappa shape index (κ1) is 19.9. The number of nitrogens with zero attached hydrogens (tertiary/aromatic N) is 1. The maximum atomic E-state index is 12.3. The van der Waals surface area contributed by atoms with Crippen LogP contribution in [0.3, 0.4) is 0 Å². The number of hydrogen-bond donors (Lipinski definition) is 3. The molecule has 0 saturated heterocycles. The van der Waals surface area contributed by atoms with E-state index in [4.69, 9.17) is 0 Å². The van der Waals surface area contributed by atoms with E-state index in [0.29, 0.717) is 10.6 Å². The van der Waals surface area contributed by atoms with E-state index in [9.17, 15) is 9.59 Å². The molecule has 0 spiro atoms. The molecule has 0 saturated carbocycles. The van der Waals surface area contributed by atoms with E-state index in [1.807, 2.05) is 52.8 Å². The second-order valence-electron chi connectivity index (χ2n) is 7.36. The summed E-state index contributed by atoms with van der Waals surface area (Å²) >= 11 is 1.35. The first-order valence-electron chi connectivity index (χ1n) is 8.46. The SMILES string of the molecule is Cc1ccc(NCC(=O)NNC(=O)c2sc(C(C)(C)C)nc2C)c(C)c1. The van der Waals surface area contributed by atoms with Gasteiger partial charge in [0.15, 0.2) is 0 Å². The molecule has 7 heteroatoms. The maximum absolute atomic E-state index is 12.3. The van der Waals surface area contributed by atoms with Crippen molar-refractivity contribution in [1.82, 2.24) is 15.8 Å². The van der Waals surface area contributed by atoms with Crippen LogP contribution in [-0.4, -0.2) is 23.3 Å². The molecule has 0 aliphatic heterocycles. The van der Waals surface area contributed by atoms with E-state index in [1.165, 1.54) is 16.9 Å². The van der Waals surface area contributed by atoms with Crippen LogP contribution in [-0.2, 0) is 10.2 Å².